The van der Waals surface area contributed by atoms with Gasteiger partial charge in [-0.3, -0.25) is 9.00 Å². The molecule has 0 N–H and O–H groups in total. The Morgan fingerprint density at radius 1 is 1.30 bits per heavy atom. The van der Waals surface area contributed by atoms with Gasteiger partial charge in [0.25, 0.3) is 0 Å². The van der Waals surface area contributed by atoms with Crippen LogP contribution in [0.1, 0.15) is 23.6 Å². The topological polar surface area (TPSA) is 37.4 Å². The Bertz CT molecular complexity index is 484. The fraction of sp³-hybridized carbons (Fsp3) is 0.533. The summed E-state index contributed by atoms with van der Waals surface area (Å²) >= 11 is 5.67. The number of halogens is 1. The molecule has 0 bridgehead atoms. The first-order valence-corrected chi connectivity index (χ1v) is 8.72. The number of carbonyl (C=O) groups is 1. The molecule has 112 valence electrons. The van der Waals surface area contributed by atoms with Gasteiger partial charge in [-0.2, -0.15) is 0 Å². The molecular weight excluding hydrogens is 294 g/mol. The lowest BCUT2D eigenvalue weighted by Crippen LogP contribution is -2.38. The quantitative estimate of drug-likeness (QED) is 0.757. The van der Waals surface area contributed by atoms with E-state index >= 15 is 0 Å². The summed E-state index contributed by atoms with van der Waals surface area (Å²) in [6, 6.07) is 6.23. The molecular formula is C15H22ClNO2S. The van der Waals surface area contributed by atoms with Crippen LogP contribution in [0.5, 0.6) is 0 Å². The molecule has 0 saturated heterocycles. The average molecular weight is 316 g/mol. The lowest BCUT2D eigenvalue weighted by Gasteiger charge is -2.25. The number of alkyl halides is 1. The molecule has 20 heavy (non-hydrogen) atoms. The van der Waals surface area contributed by atoms with Gasteiger partial charge in [0, 0.05) is 35.4 Å². The van der Waals surface area contributed by atoms with Crippen molar-refractivity contribution >= 4 is 28.3 Å². The van der Waals surface area contributed by atoms with Gasteiger partial charge in [-0.1, -0.05) is 29.3 Å². The van der Waals surface area contributed by atoms with Gasteiger partial charge in [0.05, 0.1) is 0 Å². The molecule has 1 aromatic rings. The molecule has 0 aromatic heterocycles. The van der Waals surface area contributed by atoms with Crippen molar-refractivity contribution in [3.8, 4) is 0 Å². The third-order valence-corrected chi connectivity index (χ3v) is 4.68. The Morgan fingerprint density at radius 2 is 1.85 bits per heavy atom. The van der Waals surface area contributed by atoms with Crippen LogP contribution in [0.2, 0.25) is 0 Å². The summed E-state index contributed by atoms with van der Waals surface area (Å²) in [5.74, 6) is -0.170. The smallest absolute Gasteiger partial charge is 0.237 e. The van der Waals surface area contributed by atoms with Crippen LogP contribution in [0, 0.1) is 13.8 Å². The highest BCUT2D eigenvalue weighted by atomic mass is 35.5. The normalized spacial score (nSPS) is 13.8. The number of rotatable bonds is 6. The maximum Gasteiger partial charge on any atom is 0.237 e. The summed E-state index contributed by atoms with van der Waals surface area (Å²) < 4.78 is 11.5. The highest BCUT2D eigenvalue weighted by molar-refractivity contribution is 7.84. The second-order valence-corrected chi connectivity index (χ2v) is 7.28. The number of carbonyl (C=O) groups excluding carboxylic acids is 1. The van der Waals surface area contributed by atoms with Crippen LogP contribution in [0.25, 0.3) is 0 Å². The van der Waals surface area contributed by atoms with Crippen LogP contribution < -0.4 is 0 Å². The molecule has 0 heterocycles. The summed E-state index contributed by atoms with van der Waals surface area (Å²) in [5.41, 5.74) is 3.42. The van der Waals surface area contributed by atoms with E-state index < -0.39 is 10.8 Å². The lowest BCUT2D eigenvalue weighted by atomic mass is 10.1. The van der Waals surface area contributed by atoms with Crippen LogP contribution in [-0.4, -0.2) is 38.9 Å². The highest BCUT2D eigenvalue weighted by Gasteiger charge is 2.18. The van der Waals surface area contributed by atoms with Crippen molar-refractivity contribution in [2.75, 3.05) is 18.7 Å². The number of aryl methyl sites for hydroxylation is 2. The maximum atomic E-state index is 11.9. The van der Waals surface area contributed by atoms with Crippen LogP contribution in [0.15, 0.2) is 18.2 Å². The second kappa shape index (κ2) is 7.79. The van der Waals surface area contributed by atoms with Gasteiger partial charge in [0.2, 0.25) is 5.91 Å². The molecule has 0 radical (unpaired) electrons. The van der Waals surface area contributed by atoms with Crippen molar-refractivity contribution in [1.82, 2.24) is 4.90 Å². The molecule has 1 amide bonds. The number of nitrogens with zero attached hydrogens (tertiary/aromatic N) is 1. The highest BCUT2D eigenvalue weighted by Crippen LogP contribution is 2.13. The largest absolute Gasteiger partial charge is 0.336 e. The van der Waals surface area contributed by atoms with Crippen molar-refractivity contribution in [2.24, 2.45) is 0 Å². The van der Waals surface area contributed by atoms with E-state index in [0.29, 0.717) is 13.1 Å². The molecule has 5 heteroatoms. The average Bonchev–Trinajstić information content (AvgIpc) is 2.35. The molecule has 1 aromatic carbocycles. The first kappa shape index (κ1) is 17.2. The molecule has 0 aliphatic carbocycles. The fourth-order valence-corrected chi connectivity index (χ4v) is 2.69. The zero-order valence-corrected chi connectivity index (χ0v) is 14.1. The summed E-state index contributed by atoms with van der Waals surface area (Å²) in [7, 11) is -0.953. The van der Waals surface area contributed by atoms with Crippen LogP contribution >= 0.6 is 11.6 Å². The van der Waals surface area contributed by atoms with E-state index in [1.54, 1.807) is 11.2 Å². The van der Waals surface area contributed by atoms with E-state index in [-0.39, 0.29) is 17.0 Å². The zero-order valence-electron chi connectivity index (χ0n) is 12.5. The third kappa shape index (κ3) is 5.25. The minimum Gasteiger partial charge on any atom is -0.336 e. The predicted molar refractivity (Wildman–Crippen MR) is 85.6 cm³/mol. The van der Waals surface area contributed by atoms with Crippen molar-refractivity contribution in [3.63, 3.8) is 0 Å². The third-order valence-electron chi connectivity index (χ3n) is 3.17. The molecule has 0 saturated carbocycles. The summed E-state index contributed by atoms with van der Waals surface area (Å²) in [6.45, 7) is 6.92. The van der Waals surface area contributed by atoms with E-state index in [2.05, 4.69) is 18.2 Å². The number of benzene rings is 1. The molecule has 3 nitrogen and oxygen atoms in total. The minimum atomic E-state index is -0.953. The summed E-state index contributed by atoms with van der Waals surface area (Å²) in [6.07, 6.45) is 1.66. The molecule has 0 spiro atoms. The molecule has 2 atom stereocenters. The van der Waals surface area contributed by atoms with Crippen molar-refractivity contribution in [3.05, 3.63) is 34.9 Å². The van der Waals surface area contributed by atoms with E-state index in [4.69, 9.17) is 11.6 Å². The predicted octanol–water partition coefficient (Wildman–Crippen LogP) is 2.64. The first-order valence-electron chi connectivity index (χ1n) is 6.56. The number of amides is 1. The molecule has 2 unspecified atom stereocenters. The minimum absolute atomic E-state index is 0.0478. The molecule has 0 fully saturated rings. The van der Waals surface area contributed by atoms with Gasteiger partial charge < -0.3 is 4.90 Å². The van der Waals surface area contributed by atoms with Crippen LogP contribution in [0.3, 0.4) is 0 Å². The Morgan fingerprint density at radius 3 is 2.30 bits per heavy atom. The number of hydrogen-bond donors (Lipinski definition) is 0. The van der Waals surface area contributed by atoms with Gasteiger partial charge >= 0.3 is 0 Å². The Hall–Kier alpha value is -0.870. The van der Waals surface area contributed by atoms with Gasteiger partial charge in [0.15, 0.2) is 0 Å². The van der Waals surface area contributed by atoms with Gasteiger partial charge in [-0.15, -0.1) is 11.6 Å². The van der Waals surface area contributed by atoms with Crippen molar-refractivity contribution < 1.29 is 9.00 Å². The lowest BCUT2D eigenvalue weighted by molar-refractivity contribution is -0.129. The van der Waals surface area contributed by atoms with Gasteiger partial charge in [-0.25, -0.2) is 0 Å². The summed E-state index contributed by atoms with van der Waals surface area (Å²) in [4.78, 5) is 13.6. The first-order chi connectivity index (χ1) is 9.33. The van der Waals surface area contributed by atoms with Crippen LogP contribution in [0.4, 0.5) is 0 Å². The fourth-order valence-electron chi connectivity index (χ4n) is 2.14. The molecule has 0 aliphatic rings. The zero-order chi connectivity index (χ0) is 15.3. The van der Waals surface area contributed by atoms with Gasteiger partial charge in [-0.05, 0) is 26.3 Å². The van der Waals surface area contributed by atoms with Gasteiger partial charge in [0.1, 0.15) is 5.88 Å². The van der Waals surface area contributed by atoms with Crippen molar-refractivity contribution in [2.45, 2.75) is 32.6 Å². The monoisotopic (exact) mass is 315 g/mol. The molecule has 1 rings (SSSR count). The standard InChI is InChI=1S/C15H22ClNO2S/c1-11-5-12(2)7-14(6-11)10-17(15(18)8-16)9-13(3)20(4)19/h5-7,13H,8-10H2,1-4H3. The number of hydrogen-bond acceptors (Lipinski definition) is 2. The Balaban J connectivity index is 2.89. The van der Waals surface area contributed by atoms with E-state index in [0.717, 1.165) is 5.56 Å². The Kier molecular flexibility index (Phi) is 6.69. The maximum absolute atomic E-state index is 11.9. The Labute approximate surface area is 128 Å². The van der Waals surface area contributed by atoms with Crippen molar-refractivity contribution in [1.29, 1.82) is 0 Å². The van der Waals surface area contributed by atoms with Crippen LogP contribution in [-0.2, 0) is 22.1 Å². The second-order valence-electron chi connectivity index (χ2n) is 5.21. The molecule has 0 aliphatic heterocycles. The van der Waals surface area contributed by atoms with E-state index in [1.807, 2.05) is 20.8 Å². The summed E-state index contributed by atoms with van der Waals surface area (Å²) in [5, 5.41) is -0.0620. The van der Waals surface area contributed by atoms with E-state index in [1.165, 1.54) is 11.1 Å². The SMILES string of the molecule is Cc1cc(C)cc(CN(CC(C)S(C)=O)C(=O)CCl)c1. The van der Waals surface area contributed by atoms with E-state index in [9.17, 15) is 9.00 Å².